The number of aliphatic hydroxyl groups excluding tert-OH is 1. The van der Waals surface area contributed by atoms with Crippen LogP contribution in [0.4, 0.5) is 0 Å². The number of amides is 3. The number of rotatable bonds is 19. The largest absolute Gasteiger partial charge is 0.458 e. The van der Waals surface area contributed by atoms with Gasteiger partial charge < -0.3 is 34.4 Å². The van der Waals surface area contributed by atoms with Crippen molar-refractivity contribution >= 4 is 29.8 Å². The van der Waals surface area contributed by atoms with Crippen molar-refractivity contribution in [2.75, 3.05) is 34.3 Å². The lowest BCUT2D eigenvalue weighted by Gasteiger charge is -2.50. The molecule has 57 heavy (non-hydrogen) atoms. The molecular weight excluding hydrogens is 729 g/mol. The molecule has 6 rings (SSSR count). The number of nitrogens with one attached hydrogen (secondary N) is 1. The minimum absolute atomic E-state index is 0.0227. The number of hydrogen-bond donors (Lipinski definition) is 2. The lowest BCUT2D eigenvalue weighted by Crippen LogP contribution is -2.70. The molecule has 2 N–H and O–H groups in total. The summed E-state index contributed by atoms with van der Waals surface area (Å²) < 4.78 is 20.2. The van der Waals surface area contributed by atoms with Gasteiger partial charge in [-0.2, -0.15) is 5.06 Å². The third-order valence-corrected chi connectivity index (χ3v) is 12.0. The van der Waals surface area contributed by atoms with E-state index in [4.69, 9.17) is 19.0 Å². The molecule has 0 spiro atoms. The zero-order chi connectivity index (χ0) is 40.7. The Morgan fingerprint density at radius 3 is 2.28 bits per heavy atom. The third kappa shape index (κ3) is 8.83. The lowest BCUT2D eigenvalue weighted by molar-refractivity contribution is -0.225. The number of nitrogens with zero attached hydrogens (tertiary/aromatic N) is 3. The number of hydroxylamine groups is 2. The molecule has 2 aromatic carbocycles. The summed E-state index contributed by atoms with van der Waals surface area (Å²) in [4.78, 5) is 66.2. The summed E-state index contributed by atoms with van der Waals surface area (Å²) in [6.07, 6.45) is 7.60. The summed E-state index contributed by atoms with van der Waals surface area (Å²) in [5, 5.41) is 13.9. The number of fused-ring (bicyclic) bond motifs is 4. The molecule has 0 radical (unpaired) electrons. The number of aliphatic hydroxyl groups is 1. The van der Waals surface area contributed by atoms with Crippen LogP contribution < -0.4 is 5.32 Å². The van der Waals surface area contributed by atoms with Crippen molar-refractivity contribution in [1.82, 2.24) is 20.2 Å². The molecule has 4 aliphatic rings. The highest BCUT2D eigenvalue weighted by Crippen LogP contribution is 2.58. The van der Waals surface area contributed by atoms with E-state index in [1.807, 2.05) is 54.6 Å². The quantitative estimate of drug-likeness (QED) is 0.119. The summed E-state index contributed by atoms with van der Waals surface area (Å²) in [7, 11) is 4.96. The van der Waals surface area contributed by atoms with E-state index in [-0.39, 0.29) is 38.4 Å². The van der Waals surface area contributed by atoms with Gasteiger partial charge in [-0.25, -0.2) is 0 Å². The molecule has 2 bridgehead atoms. The van der Waals surface area contributed by atoms with Gasteiger partial charge in [-0.3, -0.25) is 24.0 Å². The van der Waals surface area contributed by atoms with Crippen LogP contribution in [0.5, 0.6) is 0 Å². The number of hydrogen-bond acceptors (Lipinski definition) is 10. The first-order valence-corrected chi connectivity index (χ1v) is 20.6. The maximum absolute atomic E-state index is 15.6. The summed E-state index contributed by atoms with van der Waals surface area (Å²) in [5.41, 5.74) is 0.861. The number of carbonyl (C=O) groups excluding carboxylic acids is 4. The van der Waals surface area contributed by atoms with E-state index in [1.54, 1.807) is 32.3 Å². The monoisotopic (exact) mass is 788 g/mol. The predicted octanol–water partition coefficient (Wildman–Crippen LogP) is 4.41. The zero-order valence-electron chi connectivity index (χ0n) is 34.1. The van der Waals surface area contributed by atoms with Gasteiger partial charge in [0.25, 0.3) is 0 Å². The van der Waals surface area contributed by atoms with E-state index in [9.17, 15) is 19.5 Å². The van der Waals surface area contributed by atoms with E-state index in [0.717, 1.165) is 55.2 Å². The SMILES string of the molecule is CCCCCC1(CCCCC)O[C@@H]2[C@H]3ON(Cc4ccccc4C=CC(=O)N(C)C)[C@H]4C(=O)OC(CC34C(=O)N(C)[C@H](Cc3ccccc3)C(=O)NCCO)[C@@H]2O1. The van der Waals surface area contributed by atoms with Crippen molar-refractivity contribution in [2.45, 2.75) is 127 Å². The standard InChI is InChI=1S/C44H60N4O9/c1-6-8-15-23-43(24-16-9-7-2)55-36-34-28-44(42(53)47(5)33(40(51)45-25-26-49)27-30-17-11-10-12-18-30)38(41(52)54-34)48(57-39(44)37(36)56-43)29-32-20-14-13-19-31(32)21-22-35(50)46(3)4/h10-14,17-22,33-34,36-39,49H,6-9,15-16,23-29H2,1-5H3,(H,45,51)/t33-,34?,36+,37+,38+,39-,44?/m1/s1. The molecule has 3 amide bonds. The van der Waals surface area contributed by atoms with Gasteiger partial charge in [-0.1, -0.05) is 94.1 Å². The third-order valence-electron chi connectivity index (χ3n) is 12.0. The van der Waals surface area contributed by atoms with E-state index >= 15 is 4.79 Å². The van der Waals surface area contributed by atoms with Crippen LogP contribution in [0.2, 0.25) is 0 Å². The van der Waals surface area contributed by atoms with Crippen molar-refractivity contribution in [1.29, 1.82) is 0 Å². The van der Waals surface area contributed by atoms with Crippen LogP contribution in [0.3, 0.4) is 0 Å². The minimum Gasteiger partial charge on any atom is -0.458 e. The summed E-state index contributed by atoms with van der Waals surface area (Å²) in [6, 6.07) is 14.8. The maximum Gasteiger partial charge on any atom is 0.327 e. The Balaban J connectivity index is 1.42. The summed E-state index contributed by atoms with van der Waals surface area (Å²) in [6.45, 7) is 4.16. The molecule has 3 heterocycles. The smallest absolute Gasteiger partial charge is 0.327 e. The van der Waals surface area contributed by atoms with E-state index in [1.165, 1.54) is 15.9 Å². The second kappa shape index (κ2) is 18.6. The second-order valence-electron chi connectivity index (χ2n) is 16.1. The Hall–Kier alpha value is -4.14. The number of carbonyl (C=O) groups is 4. The van der Waals surface area contributed by atoms with E-state index in [2.05, 4.69) is 19.2 Å². The van der Waals surface area contributed by atoms with Gasteiger partial charge in [0.15, 0.2) is 11.8 Å². The molecule has 0 aromatic heterocycles. The van der Waals surface area contributed by atoms with Crippen molar-refractivity contribution in [3.63, 3.8) is 0 Å². The van der Waals surface area contributed by atoms with Gasteiger partial charge in [-0.05, 0) is 35.6 Å². The van der Waals surface area contributed by atoms with Gasteiger partial charge in [0.2, 0.25) is 17.7 Å². The van der Waals surface area contributed by atoms with Gasteiger partial charge in [-0.15, -0.1) is 0 Å². The van der Waals surface area contributed by atoms with E-state index < -0.39 is 65.5 Å². The normalized spacial score (nSPS) is 26.5. The van der Waals surface area contributed by atoms with Crippen LogP contribution in [-0.2, 0) is 51.2 Å². The average molecular weight is 789 g/mol. The van der Waals surface area contributed by atoms with Crippen molar-refractivity contribution in [3.8, 4) is 0 Å². The predicted molar refractivity (Wildman–Crippen MR) is 213 cm³/mol. The molecule has 13 nitrogen and oxygen atoms in total. The molecule has 1 saturated carbocycles. The van der Waals surface area contributed by atoms with Crippen molar-refractivity contribution in [2.24, 2.45) is 5.41 Å². The van der Waals surface area contributed by atoms with Crippen LogP contribution in [0.25, 0.3) is 6.08 Å². The Labute approximate surface area is 336 Å². The summed E-state index contributed by atoms with van der Waals surface area (Å²) in [5.74, 6) is -2.56. The van der Waals surface area contributed by atoms with Crippen LogP contribution in [0.1, 0.15) is 88.3 Å². The number of unbranched alkanes of at least 4 members (excludes halogenated alkanes) is 4. The Morgan fingerprint density at radius 1 is 0.947 bits per heavy atom. The molecule has 1 aliphatic carbocycles. The molecule has 310 valence electrons. The van der Waals surface area contributed by atoms with Crippen LogP contribution in [0.15, 0.2) is 60.7 Å². The summed E-state index contributed by atoms with van der Waals surface area (Å²) >= 11 is 0. The van der Waals surface area contributed by atoms with Crippen LogP contribution in [0, 0.1) is 5.41 Å². The van der Waals surface area contributed by atoms with Gasteiger partial charge in [0.05, 0.1) is 13.2 Å². The van der Waals surface area contributed by atoms with Gasteiger partial charge in [0.1, 0.15) is 35.9 Å². The van der Waals surface area contributed by atoms with Crippen molar-refractivity contribution in [3.05, 3.63) is 77.4 Å². The first-order valence-electron chi connectivity index (χ1n) is 20.6. The molecule has 4 fully saturated rings. The molecule has 13 heteroatoms. The fraction of sp³-hybridized carbons (Fsp3) is 0.591. The number of ether oxygens (including phenoxy) is 3. The Kier molecular flexibility index (Phi) is 13.9. The number of benzene rings is 2. The molecule has 3 saturated heterocycles. The highest BCUT2D eigenvalue weighted by molar-refractivity contribution is 5.96. The molecule has 2 aromatic rings. The second-order valence-corrected chi connectivity index (χ2v) is 16.1. The van der Waals surface area contributed by atoms with Gasteiger partial charge >= 0.3 is 5.97 Å². The number of esters is 1. The lowest BCUT2D eigenvalue weighted by atomic mass is 9.62. The van der Waals surface area contributed by atoms with Crippen molar-refractivity contribution < 1.29 is 43.3 Å². The Morgan fingerprint density at radius 2 is 1.61 bits per heavy atom. The highest BCUT2D eigenvalue weighted by Gasteiger charge is 2.76. The molecule has 7 atom stereocenters. The van der Waals surface area contributed by atoms with Gasteiger partial charge in [0, 0.05) is 59.4 Å². The van der Waals surface area contributed by atoms with Crippen LogP contribution in [-0.4, -0.2) is 120 Å². The molecule has 3 aliphatic heterocycles. The zero-order valence-corrected chi connectivity index (χ0v) is 34.1. The maximum atomic E-state index is 15.6. The van der Waals surface area contributed by atoms with E-state index in [0.29, 0.717) is 12.8 Å². The first kappa shape index (κ1) is 42.5. The van der Waals surface area contributed by atoms with Crippen LogP contribution >= 0.6 is 0 Å². The fourth-order valence-electron chi connectivity index (χ4n) is 9.01. The average Bonchev–Trinajstić information content (AvgIpc) is 3.76. The number of likely N-dealkylation sites (N-methyl/N-ethyl adjacent to an activating group) is 2. The fourth-order valence-corrected chi connectivity index (χ4v) is 9.01. The first-order chi connectivity index (χ1) is 27.5. The topological polar surface area (TPSA) is 147 Å². The molecule has 2 unspecified atom stereocenters. The molecular formula is C44H60N4O9. The Bertz CT molecular complexity index is 1740. The highest BCUT2D eigenvalue weighted by atomic mass is 16.8. The minimum atomic E-state index is -1.50.